The SMILES string of the molecule is N#CCC(=O)C1NC[C@@]2(c3cc(F)ccc3F)C[C@@H]12. The molecule has 0 spiro atoms. The van der Waals surface area contributed by atoms with Gasteiger partial charge in [0.15, 0.2) is 5.78 Å². The van der Waals surface area contributed by atoms with Gasteiger partial charge in [-0.1, -0.05) is 0 Å². The van der Waals surface area contributed by atoms with Gasteiger partial charge in [0.2, 0.25) is 0 Å². The molecule has 1 saturated carbocycles. The van der Waals surface area contributed by atoms with Crippen molar-refractivity contribution in [2.24, 2.45) is 5.92 Å². The number of nitrogens with zero attached hydrogens (tertiary/aromatic N) is 1. The fourth-order valence-electron chi connectivity index (χ4n) is 3.22. The fraction of sp³-hybridized carbons (Fsp3) is 0.429. The number of Topliss-reactive ketones (excluding diaryl/α,β-unsaturated/α-hetero) is 1. The summed E-state index contributed by atoms with van der Waals surface area (Å²) >= 11 is 0. The summed E-state index contributed by atoms with van der Waals surface area (Å²) in [5.74, 6) is -1.09. The molecule has 98 valence electrons. The van der Waals surface area contributed by atoms with E-state index in [9.17, 15) is 13.6 Å². The molecule has 5 heteroatoms. The third-order valence-electron chi connectivity index (χ3n) is 4.24. The maximum absolute atomic E-state index is 13.8. The second-order valence-corrected chi connectivity index (χ2v) is 5.25. The van der Waals surface area contributed by atoms with Crippen LogP contribution in [0.4, 0.5) is 8.78 Å². The number of ketones is 1. The normalized spacial score (nSPS) is 31.6. The summed E-state index contributed by atoms with van der Waals surface area (Å²) < 4.78 is 27.1. The van der Waals surface area contributed by atoms with Crippen molar-refractivity contribution in [3.8, 4) is 6.07 Å². The zero-order valence-corrected chi connectivity index (χ0v) is 10.1. The minimum absolute atomic E-state index is 0.0235. The van der Waals surface area contributed by atoms with Crippen LogP contribution in [0.15, 0.2) is 18.2 Å². The second kappa shape index (κ2) is 4.10. The van der Waals surface area contributed by atoms with Crippen LogP contribution in [0.5, 0.6) is 0 Å². The largest absolute Gasteiger partial charge is 0.306 e. The van der Waals surface area contributed by atoms with Gasteiger partial charge in [-0.15, -0.1) is 0 Å². The Labute approximate surface area is 109 Å². The van der Waals surface area contributed by atoms with E-state index in [-0.39, 0.29) is 18.1 Å². The number of nitrogens with one attached hydrogen (secondary N) is 1. The molecule has 2 fully saturated rings. The highest BCUT2D eigenvalue weighted by Crippen LogP contribution is 2.59. The smallest absolute Gasteiger partial charge is 0.164 e. The lowest BCUT2D eigenvalue weighted by Gasteiger charge is -2.13. The van der Waals surface area contributed by atoms with Crippen LogP contribution in [0.2, 0.25) is 0 Å². The highest BCUT2D eigenvalue weighted by Gasteiger charge is 2.64. The maximum atomic E-state index is 13.8. The molecule has 3 atom stereocenters. The second-order valence-electron chi connectivity index (χ2n) is 5.25. The number of hydrogen-bond acceptors (Lipinski definition) is 3. The molecular weight excluding hydrogens is 250 g/mol. The van der Waals surface area contributed by atoms with Crippen molar-refractivity contribution in [3.05, 3.63) is 35.4 Å². The lowest BCUT2D eigenvalue weighted by molar-refractivity contribution is -0.120. The van der Waals surface area contributed by atoms with Gasteiger partial charge in [0.05, 0.1) is 18.5 Å². The molecule has 0 aromatic heterocycles. The van der Waals surface area contributed by atoms with Crippen LogP contribution in [0.3, 0.4) is 0 Å². The Balaban J connectivity index is 1.88. The third kappa shape index (κ3) is 1.75. The molecule has 0 bridgehead atoms. The first-order chi connectivity index (χ1) is 9.08. The van der Waals surface area contributed by atoms with Gasteiger partial charge in [-0.3, -0.25) is 4.79 Å². The van der Waals surface area contributed by atoms with Gasteiger partial charge in [-0.2, -0.15) is 5.26 Å². The molecule has 1 unspecified atom stereocenters. The Morgan fingerprint density at radius 2 is 2.32 bits per heavy atom. The number of carbonyl (C=O) groups excluding carboxylic acids is 1. The summed E-state index contributed by atoms with van der Waals surface area (Å²) in [4.78, 5) is 11.8. The molecule has 3 nitrogen and oxygen atoms in total. The summed E-state index contributed by atoms with van der Waals surface area (Å²) in [7, 11) is 0. The standard InChI is InChI=1S/C14H12F2N2O/c15-8-1-2-11(16)9(5-8)14-6-10(14)13(18-7-14)12(19)3-4-17/h1-2,5,10,13,18H,3,6-7H2/t10-,13?,14+/m0/s1. The van der Waals surface area contributed by atoms with E-state index in [0.717, 1.165) is 12.1 Å². The van der Waals surface area contributed by atoms with Crippen LogP contribution in [0.1, 0.15) is 18.4 Å². The van der Waals surface area contributed by atoms with E-state index in [4.69, 9.17) is 5.26 Å². The minimum atomic E-state index is -0.470. The van der Waals surface area contributed by atoms with Crippen LogP contribution < -0.4 is 5.32 Å². The van der Waals surface area contributed by atoms with Gasteiger partial charge in [0, 0.05) is 12.0 Å². The molecule has 0 amide bonds. The topological polar surface area (TPSA) is 52.9 Å². The van der Waals surface area contributed by atoms with Crippen molar-refractivity contribution in [2.45, 2.75) is 24.3 Å². The maximum Gasteiger partial charge on any atom is 0.164 e. The van der Waals surface area contributed by atoms with Crippen molar-refractivity contribution in [2.75, 3.05) is 6.54 Å². The van der Waals surface area contributed by atoms with Crippen molar-refractivity contribution in [1.29, 1.82) is 5.26 Å². The molecule has 1 aromatic rings. The van der Waals surface area contributed by atoms with E-state index in [0.29, 0.717) is 18.5 Å². The molecule has 1 heterocycles. The highest BCUT2D eigenvalue weighted by molar-refractivity contribution is 5.87. The number of benzene rings is 1. The van der Waals surface area contributed by atoms with E-state index in [1.165, 1.54) is 6.07 Å². The first-order valence-electron chi connectivity index (χ1n) is 6.17. The minimum Gasteiger partial charge on any atom is -0.306 e. The number of rotatable bonds is 3. The zero-order chi connectivity index (χ0) is 13.6. The molecule has 1 aliphatic carbocycles. The number of hydrogen-bond donors (Lipinski definition) is 1. The summed E-state index contributed by atoms with van der Waals surface area (Å²) in [6.45, 7) is 0.458. The molecule has 1 aromatic carbocycles. The summed E-state index contributed by atoms with van der Waals surface area (Å²) in [6, 6.07) is 4.86. The number of halogens is 2. The van der Waals surface area contributed by atoms with Gasteiger partial charge in [-0.25, -0.2) is 8.78 Å². The molecule has 0 radical (unpaired) electrons. The van der Waals surface area contributed by atoms with E-state index < -0.39 is 23.1 Å². The van der Waals surface area contributed by atoms with Crippen molar-refractivity contribution >= 4 is 5.78 Å². The molecular formula is C14H12F2N2O. The van der Waals surface area contributed by atoms with Crippen LogP contribution in [-0.4, -0.2) is 18.4 Å². The lowest BCUT2D eigenvalue weighted by Crippen LogP contribution is -2.34. The summed E-state index contributed by atoms with van der Waals surface area (Å²) in [5.41, 5.74) is -0.126. The highest BCUT2D eigenvalue weighted by atomic mass is 19.1. The van der Waals surface area contributed by atoms with Gasteiger partial charge < -0.3 is 5.32 Å². The van der Waals surface area contributed by atoms with Crippen molar-refractivity contribution in [3.63, 3.8) is 0 Å². The Morgan fingerprint density at radius 3 is 3.00 bits per heavy atom. The monoisotopic (exact) mass is 262 g/mol. The van der Waals surface area contributed by atoms with E-state index >= 15 is 0 Å². The van der Waals surface area contributed by atoms with Gasteiger partial charge in [0.1, 0.15) is 11.6 Å². The number of nitriles is 1. The Bertz CT molecular complexity index is 596. The average molecular weight is 262 g/mol. The molecule has 19 heavy (non-hydrogen) atoms. The molecule has 1 aliphatic heterocycles. The fourth-order valence-corrected chi connectivity index (χ4v) is 3.22. The first-order valence-corrected chi connectivity index (χ1v) is 6.17. The first kappa shape index (κ1) is 12.2. The molecule has 1 N–H and O–H groups in total. The Kier molecular flexibility index (Phi) is 2.64. The van der Waals surface area contributed by atoms with E-state index in [1.807, 2.05) is 6.07 Å². The summed E-state index contributed by atoms with van der Waals surface area (Å²) in [6.07, 6.45) is 0.526. The molecule has 2 aliphatic rings. The van der Waals surface area contributed by atoms with Crippen LogP contribution in [0.25, 0.3) is 0 Å². The van der Waals surface area contributed by atoms with Crippen LogP contribution in [-0.2, 0) is 10.2 Å². The Morgan fingerprint density at radius 1 is 1.53 bits per heavy atom. The average Bonchev–Trinajstić information content (AvgIpc) is 2.99. The quantitative estimate of drug-likeness (QED) is 0.901. The predicted octanol–water partition coefficient (Wildman–Crippen LogP) is 1.68. The lowest BCUT2D eigenvalue weighted by atomic mass is 9.93. The number of piperidine rings is 1. The van der Waals surface area contributed by atoms with Gasteiger partial charge >= 0.3 is 0 Å². The Hall–Kier alpha value is -1.80. The van der Waals surface area contributed by atoms with E-state index in [1.54, 1.807) is 0 Å². The van der Waals surface area contributed by atoms with Crippen LogP contribution >= 0.6 is 0 Å². The zero-order valence-electron chi connectivity index (χ0n) is 10.1. The van der Waals surface area contributed by atoms with Crippen molar-refractivity contribution in [1.82, 2.24) is 5.32 Å². The molecule has 3 rings (SSSR count). The predicted molar refractivity (Wildman–Crippen MR) is 63.2 cm³/mol. The number of fused-ring (bicyclic) bond motifs is 1. The van der Waals surface area contributed by atoms with Gasteiger partial charge in [-0.05, 0) is 36.1 Å². The van der Waals surface area contributed by atoms with Crippen LogP contribution in [0, 0.1) is 28.9 Å². The number of carbonyl (C=O) groups is 1. The van der Waals surface area contributed by atoms with Gasteiger partial charge in [0.25, 0.3) is 0 Å². The summed E-state index contributed by atoms with van der Waals surface area (Å²) in [5, 5.41) is 11.6. The van der Waals surface area contributed by atoms with Crippen molar-refractivity contribution < 1.29 is 13.6 Å². The third-order valence-corrected chi connectivity index (χ3v) is 4.24. The molecule has 1 saturated heterocycles. The van der Waals surface area contributed by atoms with E-state index in [2.05, 4.69) is 5.32 Å².